The molecule has 1 saturated heterocycles. The van der Waals surface area contributed by atoms with Gasteiger partial charge in [-0.15, -0.1) is 0 Å². The van der Waals surface area contributed by atoms with E-state index in [1.54, 1.807) is 6.92 Å². The molecule has 0 amide bonds. The van der Waals surface area contributed by atoms with E-state index in [0.29, 0.717) is 6.42 Å². The summed E-state index contributed by atoms with van der Waals surface area (Å²) in [5.74, 6) is 2.90. The van der Waals surface area contributed by atoms with Crippen LogP contribution in [0.15, 0.2) is 0 Å². The number of rotatable bonds is 36. The zero-order valence-corrected chi connectivity index (χ0v) is 40.4. The summed E-state index contributed by atoms with van der Waals surface area (Å²) < 4.78 is 66.2. The number of hydrogen-bond acceptors (Lipinski definition) is 8. The van der Waals surface area contributed by atoms with Gasteiger partial charge >= 0.3 is 15.6 Å². The number of phosphoric ester groups is 2. The maximum atomic E-state index is 14.8. The van der Waals surface area contributed by atoms with Crippen LogP contribution in [-0.4, -0.2) is 37.6 Å². The lowest BCUT2D eigenvalue weighted by Gasteiger charge is -2.42. The fourth-order valence-electron chi connectivity index (χ4n) is 7.55. The Kier molecular flexibility index (Phi) is 31.0. The molecule has 1 fully saturated rings. The van der Waals surface area contributed by atoms with Gasteiger partial charge < -0.3 is 4.74 Å². The third-order valence-electron chi connectivity index (χ3n) is 11.1. The van der Waals surface area contributed by atoms with Crippen LogP contribution in [0, 0.1) is 23.7 Å². The highest BCUT2D eigenvalue weighted by Gasteiger charge is 2.50. The van der Waals surface area contributed by atoms with E-state index in [2.05, 4.69) is 55.4 Å². The first-order valence-electron chi connectivity index (χ1n) is 23.8. The summed E-state index contributed by atoms with van der Waals surface area (Å²) in [6, 6.07) is 0. The van der Waals surface area contributed by atoms with Crippen LogP contribution >= 0.6 is 15.6 Å². The highest BCUT2D eigenvalue weighted by atomic mass is 31.3. The molecule has 1 rings (SSSR count). The SMILES string of the molecule is CC(C)CCCCCCCOP(=O)(OCCCCCCCC(C)C)OP1(=O)OC(C)COC(CCCCCCCC(C)C)C(C)(CCCCCCCC(C)C)O1. The average molecular weight is 837 g/mol. The van der Waals surface area contributed by atoms with Crippen molar-refractivity contribution in [3.63, 3.8) is 0 Å². The van der Waals surface area contributed by atoms with E-state index in [-0.39, 0.29) is 25.9 Å². The molecule has 1 aliphatic rings. The lowest BCUT2D eigenvalue weighted by molar-refractivity contribution is -0.139. The highest BCUT2D eigenvalue weighted by molar-refractivity contribution is 7.62. The van der Waals surface area contributed by atoms with Crippen LogP contribution in [0.25, 0.3) is 0 Å². The predicted molar refractivity (Wildman–Crippen MR) is 237 cm³/mol. The van der Waals surface area contributed by atoms with E-state index in [0.717, 1.165) is 101 Å². The Hall–Kier alpha value is 0.220. The summed E-state index contributed by atoms with van der Waals surface area (Å²) in [4.78, 5) is 0. The van der Waals surface area contributed by atoms with Gasteiger partial charge in [0.05, 0.1) is 32.0 Å². The Bertz CT molecular complexity index is 993. The molecule has 0 saturated carbocycles. The summed E-state index contributed by atoms with van der Waals surface area (Å²) in [6.07, 6.45) is 27.3. The van der Waals surface area contributed by atoms with Crippen LogP contribution in [0.4, 0.5) is 0 Å². The van der Waals surface area contributed by atoms with Crippen LogP contribution in [0.1, 0.15) is 236 Å². The normalized spacial score (nSPS) is 22.5. The minimum atomic E-state index is -4.41. The van der Waals surface area contributed by atoms with E-state index in [1.165, 1.54) is 83.5 Å². The van der Waals surface area contributed by atoms with Crippen molar-refractivity contribution in [3.8, 4) is 0 Å². The molecule has 10 heteroatoms. The molecule has 0 aliphatic carbocycles. The van der Waals surface area contributed by atoms with Gasteiger partial charge in [-0.3, -0.25) is 18.1 Å². The monoisotopic (exact) mass is 837 g/mol. The van der Waals surface area contributed by atoms with E-state index < -0.39 is 27.4 Å². The predicted octanol–water partition coefficient (Wildman–Crippen LogP) is 16.6. The summed E-state index contributed by atoms with van der Waals surface area (Å²) in [7, 11) is -8.70. The van der Waals surface area contributed by atoms with Crippen molar-refractivity contribution in [2.75, 3.05) is 19.8 Å². The van der Waals surface area contributed by atoms with Crippen molar-refractivity contribution in [1.29, 1.82) is 0 Å². The van der Waals surface area contributed by atoms with E-state index in [9.17, 15) is 9.13 Å². The van der Waals surface area contributed by atoms with Crippen molar-refractivity contribution in [2.24, 2.45) is 23.7 Å². The molecular formula is C46H94O8P2. The van der Waals surface area contributed by atoms with Gasteiger partial charge in [0.2, 0.25) is 0 Å². The molecule has 336 valence electrons. The number of hydrogen-bond donors (Lipinski definition) is 0. The van der Waals surface area contributed by atoms with Gasteiger partial charge in [0.15, 0.2) is 0 Å². The van der Waals surface area contributed by atoms with E-state index in [1.807, 2.05) is 6.92 Å². The molecule has 1 heterocycles. The lowest BCUT2D eigenvalue weighted by Crippen LogP contribution is -2.46. The zero-order valence-electron chi connectivity index (χ0n) is 38.6. The van der Waals surface area contributed by atoms with Gasteiger partial charge in [-0.05, 0) is 63.2 Å². The first-order chi connectivity index (χ1) is 26.6. The molecule has 0 spiro atoms. The summed E-state index contributed by atoms with van der Waals surface area (Å²) in [5.41, 5.74) is -0.956. The number of phosphoric acid groups is 2. The molecule has 8 nitrogen and oxygen atoms in total. The van der Waals surface area contributed by atoms with Crippen LogP contribution in [0.3, 0.4) is 0 Å². The Morgan fingerprint density at radius 1 is 0.589 bits per heavy atom. The second kappa shape index (κ2) is 32.0. The van der Waals surface area contributed by atoms with Crippen molar-refractivity contribution >= 4 is 15.6 Å². The van der Waals surface area contributed by atoms with Crippen molar-refractivity contribution in [3.05, 3.63) is 0 Å². The first-order valence-corrected chi connectivity index (χ1v) is 26.7. The van der Waals surface area contributed by atoms with Gasteiger partial charge in [0.25, 0.3) is 0 Å². The molecule has 1 aliphatic heterocycles. The maximum Gasteiger partial charge on any atom is 0.484 e. The van der Waals surface area contributed by atoms with Gasteiger partial charge in [-0.1, -0.05) is 197 Å². The number of ether oxygens (including phenoxy) is 1. The fourth-order valence-corrected chi connectivity index (χ4v) is 11.2. The molecular weight excluding hydrogens is 742 g/mol. The quantitative estimate of drug-likeness (QED) is 0.0455. The minimum absolute atomic E-state index is 0.198. The molecule has 0 radical (unpaired) electrons. The minimum Gasteiger partial charge on any atom is -0.373 e. The number of unbranched alkanes of at least 4 members (excludes halogenated alkanes) is 16. The van der Waals surface area contributed by atoms with E-state index >= 15 is 0 Å². The Morgan fingerprint density at radius 3 is 1.39 bits per heavy atom. The largest absolute Gasteiger partial charge is 0.484 e. The van der Waals surface area contributed by atoms with Crippen molar-refractivity contribution < 1.29 is 36.3 Å². The summed E-state index contributed by atoms with van der Waals surface area (Å²) >= 11 is 0. The highest BCUT2D eigenvalue weighted by Crippen LogP contribution is 2.68. The Morgan fingerprint density at radius 2 is 0.964 bits per heavy atom. The second-order valence-electron chi connectivity index (χ2n) is 19.1. The molecule has 56 heavy (non-hydrogen) atoms. The van der Waals surface area contributed by atoms with Gasteiger partial charge in [0, 0.05) is 0 Å². The molecule has 4 atom stereocenters. The van der Waals surface area contributed by atoms with Crippen LogP contribution < -0.4 is 0 Å². The van der Waals surface area contributed by atoms with Crippen LogP contribution in [0.5, 0.6) is 0 Å². The third kappa shape index (κ3) is 28.6. The van der Waals surface area contributed by atoms with Crippen LogP contribution in [-0.2, 0) is 36.3 Å². The molecule has 0 aromatic carbocycles. The molecule has 0 aromatic rings. The first kappa shape index (κ1) is 54.2. The van der Waals surface area contributed by atoms with Gasteiger partial charge in [-0.2, -0.15) is 4.31 Å². The fraction of sp³-hybridized carbons (Fsp3) is 1.00. The topological polar surface area (TPSA) is 89.5 Å². The van der Waals surface area contributed by atoms with Gasteiger partial charge in [-0.25, -0.2) is 9.13 Å². The third-order valence-corrected chi connectivity index (χ3v) is 15.0. The Balaban J connectivity index is 3.09. The standard InChI is InChI=1S/C46H94O8P2/c1-40(2)31-23-15-11-19-27-35-45-46(10,36-28-20-12-16-24-32-41(3)4)53-56(48,52-44(9)39-49-45)54-55(47,50-37-29-21-13-17-25-33-42(5)6)51-38-30-22-14-18-26-34-43(7)8/h40-45H,11-39H2,1-10H3. The van der Waals surface area contributed by atoms with Gasteiger partial charge in [0.1, 0.15) is 5.60 Å². The molecule has 4 unspecified atom stereocenters. The van der Waals surface area contributed by atoms with Crippen molar-refractivity contribution in [2.45, 2.75) is 254 Å². The van der Waals surface area contributed by atoms with Crippen molar-refractivity contribution in [1.82, 2.24) is 0 Å². The Labute approximate surface area is 348 Å². The molecule has 0 bridgehead atoms. The van der Waals surface area contributed by atoms with E-state index in [4.69, 9.17) is 27.1 Å². The summed E-state index contributed by atoms with van der Waals surface area (Å²) in [5, 5.41) is 0. The molecule has 0 N–H and O–H groups in total. The molecule has 0 aromatic heterocycles. The smallest absolute Gasteiger partial charge is 0.373 e. The average Bonchev–Trinajstić information content (AvgIpc) is 3.09. The zero-order chi connectivity index (χ0) is 41.7. The van der Waals surface area contributed by atoms with Crippen LogP contribution in [0.2, 0.25) is 0 Å². The lowest BCUT2D eigenvalue weighted by atomic mass is 9.88. The second-order valence-corrected chi connectivity index (χ2v) is 22.5. The maximum absolute atomic E-state index is 14.8. The summed E-state index contributed by atoms with van der Waals surface area (Å²) in [6.45, 7) is 22.6.